The maximum atomic E-state index is 12.0. The van der Waals surface area contributed by atoms with Crippen LogP contribution in [0, 0.1) is 0 Å². The predicted octanol–water partition coefficient (Wildman–Crippen LogP) is 2.96. The van der Waals surface area contributed by atoms with E-state index in [4.69, 9.17) is 4.74 Å². The molecule has 0 aliphatic carbocycles. The topological polar surface area (TPSA) is 74.8 Å². The number of rotatable bonds is 10. The van der Waals surface area contributed by atoms with Gasteiger partial charge >= 0.3 is 0 Å². The fourth-order valence-corrected chi connectivity index (χ4v) is 2.57. The molecule has 0 saturated carbocycles. The first-order chi connectivity index (χ1) is 13.7. The van der Waals surface area contributed by atoms with Crippen LogP contribution >= 0.6 is 0 Å². The standard InChI is InChI=1S/C22H30N4O2/c1-3-23-21(27)19-11-8-10-18(16-19)17-26-22(24-4-2)25-14-9-15-28-20-12-6-5-7-13-20/h5-8,10-13,16H,3-4,9,14-15,17H2,1-2H3,(H,23,27)(H2,24,25,26). The van der Waals surface area contributed by atoms with Gasteiger partial charge in [-0.1, -0.05) is 30.3 Å². The summed E-state index contributed by atoms with van der Waals surface area (Å²) in [6, 6.07) is 17.4. The van der Waals surface area contributed by atoms with Gasteiger partial charge < -0.3 is 20.7 Å². The zero-order chi connectivity index (χ0) is 20.0. The van der Waals surface area contributed by atoms with Crippen molar-refractivity contribution in [3.8, 4) is 5.75 Å². The van der Waals surface area contributed by atoms with E-state index in [0.717, 1.165) is 36.8 Å². The van der Waals surface area contributed by atoms with Gasteiger partial charge in [-0.15, -0.1) is 0 Å². The van der Waals surface area contributed by atoms with E-state index >= 15 is 0 Å². The fourth-order valence-electron chi connectivity index (χ4n) is 2.57. The van der Waals surface area contributed by atoms with Crippen LogP contribution in [0.1, 0.15) is 36.2 Å². The van der Waals surface area contributed by atoms with Crippen LogP contribution in [0.25, 0.3) is 0 Å². The minimum Gasteiger partial charge on any atom is -0.494 e. The average Bonchev–Trinajstić information content (AvgIpc) is 2.73. The monoisotopic (exact) mass is 382 g/mol. The van der Waals surface area contributed by atoms with Gasteiger partial charge in [-0.25, -0.2) is 4.99 Å². The third kappa shape index (κ3) is 7.70. The number of ether oxygens (including phenoxy) is 1. The molecule has 0 heterocycles. The predicted molar refractivity (Wildman–Crippen MR) is 114 cm³/mol. The number of carbonyl (C=O) groups excluding carboxylic acids is 1. The van der Waals surface area contributed by atoms with Gasteiger partial charge in [0.25, 0.3) is 5.91 Å². The molecule has 0 saturated heterocycles. The summed E-state index contributed by atoms with van der Waals surface area (Å²) in [6.45, 7) is 7.25. The largest absolute Gasteiger partial charge is 0.494 e. The summed E-state index contributed by atoms with van der Waals surface area (Å²) < 4.78 is 5.69. The molecule has 0 spiro atoms. The van der Waals surface area contributed by atoms with Crippen molar-refractivity contribution in [3.05, 3.63) is 65.7 Å². The smallest absolute Gasteiger partial charge is 0.251 e. The molecule has 0 fully saturated rings. The first-order valence-electron chi connectivity index (χ1n) is 9.80. The molecular weight excluding hydrogens is 352 g/mol. The van der Waals surface area contributed by atoms with Gasteiger partial charge in [-0.05, 0) is 50.1 Å². The number of guanidine groups is 1. The lowest BCUT2D eigenvalue weighted by Crippen LogP contribution is -2.38. The van der Waals surface area contributed by atoms with Gasteiger partial charge in [0.05, 0.1) is 13.2 Å². The number of hydrogen-bond acceptors (Lipinski definition) is 3. The van der Waals surface area contributed by atoms with Crippen molar-refractivity contribution >= 4 is 11.9 Å². The van der Waals surface area contributed by atoms with Crippen molar-refractivity contribution < 1.29 is 9.53 Å². The fraction of sp³-hybridized carbons (Fsp3) is 0.364. The zero-order valence-corrected chi connectivity index (χ0v) is 16.7. The molecular formula is C22H30N4O2. The first-order valence-corrected chi connectivity index (χ1v) is 9.80. The number of benzene rings is 2. The molecule has 0 aliphatic rings. The highest BCUT2D eigenvalue weighted by molar-refractivity contribution is 5.94. The number of hydrogen-bond donors (Lipinski definition) is 3. The molecule has 28 heavy (non-hydrogen) atoms. The second-order valence-electron chi connectivity index (χ2n) is 6.20. The van der Waals surface area contributed by atoms with Crippen molar-refractivity contribution in [2.24, 2.45) is 4.99 Å². The van der Waals surface area contributed by atoms with Gasteiger partial charge in [0, 0.05) is 25.2 Å². The van der Waals surface area contributed by atoms with Crippen molar-refractivity contribution in [1.82, 2.24) is 16.0 Å². The normalized spacial score (nSPS) is 11.0. The Labute approximate surface area is 167 Å². The molecule has 0 aromatic heterocycles. The summed E-state index contributed by atoms with van der Waals surface area (Å²) in [4.78, 5) is 16.6. The van der Waals surface area contributed by atoms with E-state index in [1.807, 2.05) is 68.4 Å². The molecule has 0 unspecified atom stereocenters. The van der Waals surface area contributed by atoms with E-state index in [2.05, 4.69) is 20.9 Å². The molecule has 3 N–H and O–H groups in total. The van der Waals surface area contributed by atoms with Gasteiger partial charge in [0.15, 0.2) is 5.96 Å². The van der Waals surface area contributed by atoms with Crippen LogP contribution in [0.2, 0.25) is 0 Å². The van der Waals surface area contributed by atoms with Crippen LogP contribution in [0.3, 0.4) is 0 Å². The first kappa shape index (κ1) is 21.3. The van der Waals surface area contributed by atoms with E-state index in [0.29, 0.717) is 25.3 Å². The van der Waals surface area contributed by atoms with Crippen molar-refractivity contribution in [2.45, 2.75) is 26.8 Å². The van der Waals surface area contributed by atoms with Crippen LogP contribution in [0.15, 0.2) is 59.6 Å². The average molecular weight is 383 g/mol. The Balaban J connectivity index is 1.81. The summed E-state index contributed by atoms with van der Waals surface area (Å²) in [5.41, 5.74) is 1.65. The highest BCUT2D eigenvalue weighted by Crippen LogP contribution is 2.08. The van der Waals surface area contributed by atoms with Gasteiger partial charge in [-0.2, -0.15) is 0 Å². The summed E-state index contributed by atoms with van der Waals surface area (Å²) in [5, 5.41) is 9.37. The molecule has 6 nitrogen and oxygen atoms in total. The quantitative estimate of drug-likeness (QED) is 0.336. The molecule has 0 radical (unpaired) electrons. The second-order valence-corrected chi connectivity index (χ2v) is 6.20. The number of para-hydroxylation sites is 1. The minimum atomic E-state index is -0.0585. The van der Waals surface area contributed by atoms with E-state index < -0.39 is 0 Å². The van der Waals surface area contributed by atoms with E-state index in [9.17, 15) is 4.79 Å². The Morgan fingerprint density at radius 1 is 0.964 bits per heavy atom. The Kier molecular flexibility index (Phi) is 9.41. The summed E-state index contributed by atoms with van der Waals surface area (Å²) in [6.07, 6.45) is 0.867. The number of aliphatic imine (C=N–C) groups is 1. The lowest BCUT2D eigenvalue weighted by Gasteiger charge is -2.12. The Morgan fingerprint density at radius 3 is 2.50 bits per heavy atom. The second kappa shape index (κ2) is 12.4. The van der Waals surface area contributed by atoms with Crippen LogP contribution in [0.5, 0.6) is 5.75 Å². The van der Waals surface area contributed by atoms with Crippen LogP contribution in [-0.2, 0) is 6.54 Å². The highest BCUT2D eigenvalue weighted by atomic mass is 16.5. The molecule has 1 amide bonds. The SMILES string of the molecule is CCNC(=O)c1cccc(CN=C(NCC)NCCCOc2ccccc2)c1. The molecule has 150 valence electrons. The molecule has 6 heteroatoms. The van der Waals surface area contributed by atoms with E-state index in [-0.39, 0.29) is 5.91 Å². The molecule has 2 aromatic rings. The minimum absolute atomic E-state index is 0.0585. The zero-order valence-electron chi connectivity index (χ0n) is 16.7. The van der Waals surface area contributed by atoms with Gasteiger partial charge in [0.2, 0.25) is 0 Å². The molecule has 0 atom stereocenters. The van der Waals surface area contributed by atoms with E-state index in [1.165, 1.54) is 0 Å². The Bertz CT molecular complexity index is 747. The summed E-state index contributed by atoms with van der Waals surface area (Å²) in [5.74, 6) is 1.58. The Hall–Kier alpha value is -3.02. The Morgan fingerprint density at radius 2 is 1.75 bits per heavy atom. The van der Waals surface area contributed by atoms with E-state index in [1.54, 1.807) is 0 Å². The third-order valence-corrected chi connectivity index (χ3v) is 3.92. The summed E-state index contributed by atoms with van der Waals surface area (Å²) in [7, 11) is 0. The lowest BCUT2D eigenvalue weighted by molar-refractivity contribution is 0.0955. The highest BCUT2D eigenvalue weighted by Gasteiger charge is 2.05. The maximum Gasteiger partial charge on any atom is 0.251 e. The molecule has 0 bridgehead atoms. The molecule has 2 rings (SSSR count). The maximum absolute atomic E-state index is 12.0. The van der Waals surface area contributed by atoms with Crippen molar-refractivity contribution in [2.75, 3.05) is 26.2 Å². The van der Waals surface area contributed by atoms with Crippen molar-refractivity contribution in [1.29, 1.82) is 0 Å². The molecule has 2 aromatic carbocycles. The third-order valence-electron chi connectivity index (χ3n) is 3.92. The lowest BCUT2D eigenvalue weighted by atomic mass is 10.1. The van der Waals surface area contributed by atoms with Crippen LogP contribution in [0.4, 0.5) is 0 Å². The summed E-state index contributed by atoms with van der Waals surface area (Å²) >= 11 is 0. The number of carbonyl (C=O) groups is 1. The van der Waals surface area contributed by atoms with Gasteiger partial charge in [-0.3, -0.25) is 4.79 Å². The number of nitrogens with one attached hydrogen (secondary N) is 3. The van der Waals surface area contributed by atoms with Gasteiger partial charge in [0.1, 0.15) is 5.75 Å². The number of amides is 1. The van der Waals surface area contributed by atoms with Crippen molar-refractivity contribution in [3.63, 3.8) is 0 Å². The van der Waals surface area contributed by atoms with Crippen LogP contribution < -0.4 is 20.7 Å². The molecule has 0 aliphatic heterocycles. The number of nitrogens with zero attached hydrogens (tertiary/aromatic N) is 1. The van der Waals surface area contributed by atoms with Crippen LogP contribution in [-0.4, -0.2) is 38.1 Å².